The molecule has 2 rings (SSSR count). The van der Waals surface area contributed by atoms with Crippen LogP contribution in [0.1, 0.15) is 18.1 Å². The number of rotatable bonds is 6. The average molecular weight is 268 g/mol. The molecule has 1 aromatic carbocycles. The molecule has 2 aromatic rings. The van der Waals surface area contributed by atoms with Crippen LogP contribution in [0.5, 0.6) is 0 Å². The van der Waals surface area contributed by atoms with Crippen molar-refractivity contribution in [3.8, 4) is 0 Å². The van der Waals surface area contributed by atoms with Gasteiger partial charge in [-0.2, -0.15) is 4.98 Å². The van der Waals surface area contributed by atoms with Gasteiger partial charge in [0.15, 0.2) is 5.82 Å². The molecule has 4 nitrogen and oxygen atoms in total. The van der Waals surface area contributed by atoms with Gasteiger partial charge in [-0.1, -0.05) is 5.16 Å². The molecule has 96 valence electrons. The third kappa shape index (κ3) is 3.82. The van der Waals surface area contributed by atoms with Crippen molar-refractivity contribution >= 4 is 11.8 Å². The summed E-state index contributed by atoms with van der Waals surface area (Å²) in [6, 6.07) is 6.27. The van der Waals surface area contributed by atoms with Crippen molar-refractivity contribution in [3.63, 3.8) is 0 Å². The Hall–Kier alpha value is -1.40. The number of nitrogens with zero attached hydrogens (tertiary/aromatic N) is 2. The Balaban J connectivity index is 1.86. The largest absolute Gasteiger partial charge is 0.396 e. The lowest BCUT2D eigenvalue weighted by atomic mass is 10.3. The Kier molecular flexibility index (Phi) is 4.72. The molecule has 0 aliphatic carbocycles. The molecule has 6 heteroatoms. The molecule has 1 heterocycles. The van der Waals surface area contributed by atoms with E-state index in [9.17, 15) is 4.39 Å². The van der Waals surface area contributed by atoms with Gasteiger partial charge < -0.3 is 9.63 Å². The van der Waals surface area contributed by atoms with Crippen LogP contribution >= 0.6 is 11.8 Å². The Labute approximate surface area is 108 Å². The van der Waals surface area contributed by atoms with Gasteiger partial charge in [-0.05, 0) is 30.7 Å². The standard InChI is InChI=1S/C12H13FN2O2S/c13-9-3-5-10(6-4-9)18-8-11-14-12(17-15-11)2-1-7-16/h3-6,16H,1-2,7-8H2. The van der Waals surface area contributed by atoms with E-state index in [-0.39, 0.29) is 12.4 Å². The number of halogens is 1. The first-order valence-corrected chi connectivity index (χ1v) is 6.57. The highest BCUT2D eigenvalue weighted by Gasteiger charge is 2.06. The quantitative estimate of drug-likeness (QED) is 0.815. The Morgan fingerprint density at radius 2 is 2.06 bits per heavy atom. The summed E-state index contributed by atoms with van der Waals surface area (Å²) < 4.78 is 17.7. The van der Waals surface area contributed by atoms with Gasteiger partial charge in [-0.3, -0.25) is 0 Å². The van der Waals surface area contributed by atoms with Crippen LogP contribution in [-0.2, 0) is 12.2 Å². The molecule has 0 saturated carbocycles. The zero-order valence-electron chi connectivity index (χ0n) is 9.67. The molecule has 1 aromatic heterocycles. The van der Waals surface area contributed by atoms with Crippen molar-refractivity contribution in [1.82, 2.24) is 10.1 Å². The molecule has 0 saturated heterocycles. The first kappa shape index (κ1) is 13.0. The van der Waals surface area contributed by atoms with Gasteiger partial charge in [0.1, 0.15) is 5.82 Å². The minimum absolute atomic E-state index is 0.113. The second-order valence-corrected chi connectivity index (χ2v) is 4.72. The number of aliphatic hydroxyl groups excluding tert-OH is 1. The Morgan fingerprint density at radius 1 is 1.28 bits per heavy atom. The van der Waals surface area contributed by atoms with Gasteiger partial charge in [-0.25, -0.2) is 4.39 Å². The normalized spacial score (nSPS) is 10.8. The lowest BCUT2D eigenvalue weighted by Crippen LogP contribution is -1.90. The van der Waals surface area contributed by atoms with Crippen LogP contribution < -0.4 is 0 Å². The molecule has 0 aliphatic rings. The third-order valence-corrected chi connectivity index (χ3v) is 3.25. The molecule has 1 N–H and O–H groups in total. The van der Waals surface area contributed by atoms with Gasteiger partial charge in [-0.15, -0.1) is 11.8 Å². The maximum atomic E-state index is 12.7. The van der Waals surface area contributed by atoms with E-state index in [0.29, 0.717) is 30.3 Å². The molecule has 0 radical (unpaired) electrons. The minimum atomic E-state index is -0.245. The van der Waals surface area contributed by atoms with Crippen molar-refractivity contribution in [1.29, 1.82) is 0 Å². The van der Waals surface area contributed by atoms with Gasteiger partial charge >= 0.3 is 0 Å². The van der Waals surface area contributed by atoms with Crippen molar-refractivity contribution in [3.05, 3.63) is 41.8 Å². The molecule has 0 aliphatic heterocycles. The van der Waals surface area contributed by atoms with E-state index >= 15 is 0 Å². The van der Waals surface area contributed by atoms with Crippen molar-refractivity contribution in [2.75, 3.05) is 6.61 Å². The zero-order valence-corrected chi connectivity index (χ0v) is 10.5. The van der Waals surface area contributed by atoms with E-state index in [2.05, 4.69) is 10.1 Å². The summed E-state index contributed by atoms with van der Waals surface area (Å²) in [6.07, 6.45) is 1.21. The second kappa shape index (κ2) is 6.51. The van der Waals surface area contributed by atoms with E-state index in [1.54, 1.807) is 12.1 Å². The van der Waals surface area contributed by atoms with E-state index in [1.165, 1.54) is 23.9 Å². The fourth-order valence-electron chi connectivity index (χ4n) is 1.36. The van der Waals surface area contributed by atoms with Crippen LogP contribution in [0.15, 0.2) is 33.7 Å². The maximum Gasteiger partial charge on any atom is 0.226 e. The number of aromatic nitrogens is 2. The van der Waals surface area contributed by atoms with Gasteiger partial charge in [0.25, 0.3) is 0 Å². The predicted octanol–water partition coefficient (Wildman–Crippen LogP) is 2.43. The van der Waals surface area contributed by atoms with Gasteiger partial charge in [0.2, 0.25) is 5.89 Å². The summed E-state index contributed by atoms with van der Waals surface area (Å²) in [5.41, 5.74) is 0. The van der Waals surface area contributed by atoms with Gasteiger partial charge in [0.05, 0.1) is 5.75 Å². The van der Waals surface area contributed by atoms with Crippen LogP contribution in [0.25, 0.3) is 0 Å². The molecule has 0 atom stereocenters. The third-order valence-electron chi connectivity index (χ3n) is 2.24. The highest BCUT2D eigenvalue weighted by Crippen LogP contribution is 2.21. The van der Waals surface area contributed by atoms with Crippen molar-refractivity contribution in [2.24, 2.45) is 0 Å². The lowest BCUT2D eigenvalue weighted by Gasteiger charge is -1.97. The molecule has 0 unspecified atom stereocenters. The fraction of sp³-hybridized carbons (Fsp3) is 0.333. The molecule has 0 spiro atoms. The van der Waals surface area contributed by atoms with E-state index in [4.69, 9.17) is 9.63 Å². The molecule has 18 heavy (non-hydrogen) atoms. The zero-order chi connectivity index (χ0) is 12.8. The molecule has 0 fully saturated rings. The van der Waals surface area contributed by atoms with Crippen LogP contribution in [-0.4, -0.2) is 21.9 Å². The SMILES string of the molecule is OCCCc1nc(CSc2ccc(F)cc2)no1. The van der Waals surface area contributed by atoms with E-state index in [1.807, 2.05) is 0 Å². The van der Waals surface area contributed by atoms with Crippen molar-refractivity contribution < 1.29 is 14.0 Å². The highest BCUT2D eigenvalue weighted by molar-refractivity contribution is 7.98. The number of hydrogen-bond donors (Lipinski definition) is 1. The predicted molar refractivity (Wildman–Crippen MR) is 65.7 cm³/mol. The van der Waals surface area contributed by atoms with Crippen LogP contribution in [0.2, 0.25) is 0 Å². The lowest BCUT2D eigenvalue weighted by molar-refractivity contribution is 0.278. The summed E-state index contributed by atoms with van der Waals surface area (Å²) in [6.45, 7) is 0.113. The molecule has 0 bridgehead atoms. The van der Waals surface area contributed by atoms with E-state index in [0.717, 1.165) is 4.90 Å². The fourth-order valence-corrected chi connectivity index (χ4v) is 2.10. The summed E-state index contributed by atoms with van der Waals surface area (Å²) >= 11 is 1.52. The highest BCUT2D eigenvalue weighted by atomic mass is 32.2. The molecular weight excluding hydrogens is 255 g/mol. The first-order chi connectivity index (χ1) is 8.78. The summed E-state index contributed by atoms with van der Waals surface area (Å²) in [5.74, 6) is 1.48. The second-order valence-electron chi connectivity index (χ2n) is 3.67. The van der Waals surface area contributed by atoms with Crippen molar-refractivity contribution in [2.45, 2.75) is 23.5 Å². The maximum absolute atomic E-state index is 12.7. The first-order valence-electron chi connectivity index (χ1n) is 5.58. The minimum Gasteiger partial charge on any atom is -0.396 e. The average Bonchev–Trinajstić information content (AvgIpc) is 2.84. The van der Waals surface area contributed by atoms with Gasteiger partial charge in [0, 0.05) is 17.9 Å². The van der Waals surface area contributed by atoms with Crippen LogP contribution in [0, 0.1) is 5.82 Å². The van der Waals surface area contributed by atoms with Crippen LogP contribution in [0.4, 0.5) is 4.39 Å². The summed E-state index contributed by atoms with van der Waals surface area (Å²) in [5, 5.41) is 12.5. The number of benzene rings is 1. The summed E-state index contributed by atoms with van der Waals surface area (Å²) in [4.78, 5) is 5.15. The van der Waals surface area contributed by atoms with Crippen LogP contribution in [0.3, 0.4) is 0 Å². The smallest absolute Gasteiger partial charge is 0.226 e. The molecular formula is C12H13FN2O2S. The number of thioether (sulfide) groups is 1. The number of aryl methyl sites for hydroxylation is 1. The molecule has 0 amide bonds. The Bertz CT molecular complexity index is 487. The summed E-state index contributed by atoms with van der Waals surface area (Å²) in [7, 11) is 0. The monoisotopic (exact) mass is 268 g/mol. The topological polar surface area (TPSA) is 59.2 Å². The Morgan fingerprint density at radius 3 is 2.78 bits per heavy atom. The van der Waals surface area contributed by atoms with E-state index < -0.39 is 0 Å². The number of aliphatic hydroxyl groups is 1. The number of hydrogen-bond acceptors (Lipinski definition) is 5.